The second-order valence-corrected chi connectivity index (χ2v) is 13.3. The first-order valence-corrected chi connectivity index (χ1v) is 17.5. The molecule has 1 saturated heterocycles. The van der Waals surface area contributed by atoms with E-state index in [1.54, 1.807) is 11.0 Å². The number of likely N-dealkylation sites (N-methyl/N-ethyl adjacent to an activating group) is 1. The first-order chi connectivity index (χ1) is 22.7. The summed E-state index contributed by atoms with van der Waals surface area (Å²) in [5.74, 6) is -0.945. The second-order valence-electron chi connectivity index (χ2n) is 12.9. The molecule has 3 atom stereocenters. The van der Waals surface area contributed by atoms with Crippen LogP contribution >= 0.6 is 11.6 Å². The van der Waals surface area contributed by atoms with Gasteiger partial charge in [-0.1, -0.05) is 85.6 Å². The van der Waals surface area contributed by atoms with Gasteiger partial charge >= 0.3 is 0 Å². The highest BCUT2D eigenvalue weighted by atomic mass is 35.5. The molecule has 0 saturated carbocycles. The van der Waals surface area contributed by atoms with Crippen molar-refractivity contribution in [3.05, 3.63) is 94.2 Å². The van der Waals surface area contributed by atoms with Crippen molar-refractivity contribution in [3.63, 3.8) is 0 Å². The average Bonchev–Trinajstić information content (AvgIpc) is 3.54. The Bertz CT molecular complexity index is 1320. The number of aliphatic hydroxyl groups excluding tert-OH is 1. The van der Waals surface area contributed by atoms with Gasteiger partial charge in [-0.25, -0.2) is 0 Å². The van der Waals surface area contributed by atoms with Crippen LogP contribution in [0.25, 0.3) is 0 Å². The molecule has 1 fully saturated rings. The van der Waals surface area contributed by atoms with Gasteiger partial charge in [-0.3, -0.25) is 14.5 Å². The average molecular weight is 665 g/mol. The third-order valence-corrected chi connectivity index (χ3v) is 10.0. The Hall–Kier alpha value is -3.17. The van der Waals surface area contributed by atoms with Crippen molar-refractivity contribution in [3.8, 4) is 0 Å². The number of nitrogens with one attached hydrogen (secondary N) is 2. The van der Waals surface area contributed by atoms with Gasteiger partial charge in [0, 0.05) is 38.8 Å². The van der Waals surface area contributed by atoms with E-state index in [0.717, 1.165) is 69.4 Å². The number of rotatable bonds is 17. The Kier molecular flexibility index (Phi) is 13.9. The van der Waals surface area contributed by atoms with Crippen molar-refractivity contribution in [1.29, 1.82) is 0 Å². The van der Waals surface area contributed by atoms with E-state index in [2.05, 4.69) is 39.8 Å². The fourth-order valence-corrected chi connectivity index (χ4v) is 7.49. The highest BCUT2D eigenvalue weighted by Gasteiger charge is 2.42. The van der Waals surface area contributed by atoms with Gasteiger partial charge in [-0.2, -0.15) is 0 Å². The van der Waals surface area contributed by atoms with Gasteiger partial charge in [-0.05, 0) is 87.5 Å². The van der Waals surface area contributed by atoms with E-state index < -0.39 is 17.4 Å². The largest absolute Gasteiger partial charge is 0.511 e. The molecule has 0 spiro atoms. The van der Waals surface area contributed by atoms with Gasteiger partial charge in [0.1, 0.15) is 23.2 Å². The monoisotopic (exact) mass is 664 g/mol. The molecule has 2 aromatic rings. The predicted octanol–water partition coefficient (Wildman–Crippen LogP) is 5.78. The number of benzene rings is 2. The van der Waals surface area contributed by atoms with E-state index in [9.17, 15) is 14.7 Å². The second kappa shape index (κ2) is 17.8. The van der Waals surface area contributed by atoms with Crippen molar-refractivity contribution in [2.24, 2.45) is 5.92 Å². The molecule has 2 aromatic carbocycles. The van der Waals surface area contributed by atoms with Gasteiger partial charge in [-0.15, -0.1) is 0 Å². The van der Waals surface area contributed by atoms with Gasteiger partial charge in [0.05, 0.1) is 0 Å². The van der Waals surface area contributed by atoms with Gasteiger partial charge in [0.15, 0.2) is 0 Å². The van der Waals surface area contributed by atoms with Crippen molar-refractivity contribution in [2.75, 3.05) is 53.9 Å². The minimum atomic E-state index is -0.832. The molecule has 3 N–H and O–H groups in total. The molecule has 1 heterocycles. The van der Waals surface area contributed by atoms with E-state index in [0.29, 0.717) is 30.0 Å². The number of hydrogen-bond acceptors (Lipinski definition) is 6. The van der Waals surface area contributed by atoms with E-state index >= 15 is 0 Å². The zero-order valence-electron chi connectivity index (χ0n) is 28.5. The Labute approximate surface area is 286 Å². The fraction of sp³-hybridized carbons (Fsp3) is 0.526. The summed E-state index contributed by atoms with van der Waals surface area (Å²) >= 11 is 6.40. The minimum absolute atomic E-state index is 0.0493. The standard InChI is InChI=1S/C38H53ClN4O4/c1-5-28-26-32(39)35(47-4)33(34(28)44)36(45)41-27-31-20-15-25-43(31)24-14-8-13-22-40-23-21-38(37(46)42(2)3,29-16-9-6-10-17-29)30-18-11-7-12-19-30/h6-7,9-12,16-19,26,31,33,35,40,44H,5,8,13-15,20-25,27H2,1-4H3,(H,41,45). The molecule has 1 aliphatic carbocycles. The highest BCUT2D eigenvalue weighted by Crippen LogP contribution is 2.37. The van der Waals surface area contributed by atoms with Crippen LogP contribution in [0.3, 0.4) is 0 Å². The number of ether oxygens (including phenoxy) is 1. The Balaban J connectivity index is 1.23. The maximum Gasteiger partial charge on any atom is 0.237 e. The molecule has 0 aromatic heterocycles. The molecule has 0 radical (unpaired) electrons. The molecule has 8 nitrogen and oxygen atoms in total. The van der Waals surface area contributed by atoms with Gasteiger partial charge < -0.3 is 25.4 Å². The molecule has 3 unspecified atom stereocenters. The minimum Gasteiger partial charge on any atom is -0.511 e. The summed E-state index contributed by atoms with van der Waals surface area (Å²) in [5.41, 5.74) is 1.95. The summed E-state index contributed by atoms with van der Waals surface area (Å²) in [7, 11) is 5.18. The smallest absolute Gasteiger partial charge is 0.237 e. The number of amides is 2. The number of carbonyl (C=O) groups is 2. The number of nitrogens with zero attached hydrogens (tertiary/aromatic N) is 2. The van der Waals surface area contributed by atoms with Crippen LogP contribution in [-0.4, -0.2) is 92.8 Å². The van der Waals surface area contributed by atoms with E-state index in [-0.39, 0.29) is 23.6 Å². The first kappa shape index (κ1) is 36.7. The van der Waals surface area contributed by atoms with Crippen LogP contribution in [0, 0.1) is 5.92 Å². The number of hydrogen-bond donors (Lipinski definition) is 3. The van der Waals surface area contributed by atoms with E-state index in [1.807, 2.05) is 57.4 Å². The molecule has 256 valence electrons. The Morgan fingerprint density at radius 1 is 1.02 bits per heavy atom. The van der Waals surface area contributed by atoms with Crippen molar-refractivity contribution in [2.45, 2.75) is 69.4 Å². The molecule has 2 aliphatic rings. The molecule has 4 rings (SSSR count). The van der Waals surface area contributed by atoms with Crippen LogP contribution in [0.1, 0.15) is 63.0 Å². The van der Waals surface area contributed by atoms with Gasteiger partial charge in [0.2, 0.25) is 11.8 Å². The molecule has 1 aliphatic heterocycles. The van der Waals surface area contributed by atoms with Crippen molar-refractivity contribution < 1.29 is 19.4 Å². The highest BCUT2D eigenvalue weighted by molar-refractivity contribution is 6.30. The van der Waals surface area contributed by atoms with Crippen LogP contribution in [-0.2, 0) is 19.7 Å². The SMILES string of the molecule is CCC1=C(O)C(C(=O)NCC2CCCN2CCCCCNCCC(C(=O)N(C)C)(c2ccccc2)c2ccccc2)C(OC)C(Cl)=C1. The number of halogens is 1. The summed E-state index contributed by atoms with van der Waals surface area (Å²) < 4.78 is 5.48. The zero-order valence-corrected chi connectivity index (χ0v) is 29.3. The lowest BCUT2D eigenvalue weighted by molar-refractivity contribution is -0.133. The lowest BCUT2D eigenvalue weighted by Crippen LogP contribution is -2.46. The molecular weight excluding hydrogens is 612 g/mol. The van der Waals surface area contributed by atoms with Crippen LogP contribution < -0.4 is 10.6 Å². The molecule has 9 heteroatoms. The lowest BCUT2D eigenvalue weighted by Gasteiger charge is -2.36. The maximum atomic E-state index is 13.8. The number of methoxy groups -OCH3 is 1. The normalized spacial score (nSPS) is 20.3. The van der Waals surface area contributed by atoms with E-state index in [4.69, 9.17) is 16.3 Å². The van der Waals surface area contributed by atoms with Gasteiger partial charge in [0.25, 0.3) is 0 Å². The predicted molar refractivity (Wildman–Crippen MR) is 189 cm³/mol. The van der Waals surface area contributed by atoms with Crippen molar-refractivity contribution >= 4 is 23.4 Å². The van der Waals surface area contributed by atoms with Crippen LogP contribution in [0.5, 0.6) is 0 Å². The van der Waals surface area contributed by atoms with Crippen LogP contribution in [0.15, 0.2) is 83.1 Å². The first-order valence-electron chi connectivity index (χ1n) is 17.1. The van der Waals surface area contributed by atoms with Crippen LogP contribution in [0.4, 0.5) is 0 Å². The summed E-state index contributed by atoms with van der Waals surface area (Å²) in [4.78, 5) is 31.2. The quantitative estimate of drug-likeness (QED) is 0.186. The number of aliphatic hydroxyl groups is 1. The summed E-state index contributed by atoms with van der Waals surface area (Å²) in [6.07, 6.45) is 7.68. The zero-order chi connectivity index (χ0) is 33.8. The Morgan fingerprint density at radius 2 is 1.68 bits per heavy atom. The number of unbranched alkanes of at least 4 members (excludes halogenated alkanes) is 2. The molecule has 2 amide bonds. The maximum absolute atomic E-state index is 13.8. The third kappa shape index (κ3) is 8.85. The van der Waals surface area contributed by atoms with Crippen molar-refractivity contribution in [1.82, 2.24) is 20.4 Å². The number of carbonyl (C=O) groups excluding carboxylic acids is 2. The topological polar surface area (TPSA) is 94.1 Å². The molecule has 0 bridgehead atoms. The summed E-state index contributed by atoms with van der Waals surface area (Å²) in [6.45, 7) is 6.12. The Morgan fingerprint density at radius 3 is 2.28 bits per heavy atom. The van der Waals surface area contributed by atoms with E-state index in [1.165, 1.54) is 7.11 Å². The number of likely N-dealkylation sites (tertiary alicyclic amines) is 1. The molecular formula is C38H53ClN4O4. The third-order valence-electron chi connectivity index (χ3n) is 9.72. The fourth-order valence-electron chi connectivity index (χ4n) is 7.15. The number of allylic oxidation sites excluding steroid dienone is 2. The molecule has 47 heavy (non-hydrogen) atoms. The lowest BCUT2D eigenvalue weighted by atomic mass is 9.71. The van der Waals surface area contributed by atoms with Crippen LogP contribution in [0.2, 0.25) is 0 Å². The summed E-state index contributed by atoms with van der Waals surface area (Å²) in [5, 5.41) is 17.9. The summed E-state index contributed by atoms with van der Waals surface area (Å²) in [6, 6.07) is 20.5.